The topological polar surface area (TPSA) is 64.3 Å². The Morgan fingerprint density at radius 3 is 2.19 bits per heavy atom. The summed E-state index contributed by atoms with van der Waals surface area (Å²) in [5.41, 5.74) is 5.11. The maximum atomic E-state index is 11.4. The number of carbonyl (C=O) groups is 1. The Bertz CT molecular complexity index is 203. The van der Waals surface area contributed by atoms with E-state index in [1.54, 1.807) is 0 Å². The first-order valence-corrected chi connectivity index (χ1v) is 5.44. The smallest absolute Gasteiger partial charge is 0.407 e. The van der Waals surface area contributed by atoms with Crippen LogP contribution in [0.25, 0.3) is 0 Å². The molecule has 0 spiro atoms. The zero-order valence-corrected chi connectivity index (χ0v) is 11.7. The fourth-order valence-corrected chi connectivity index (χ4v) is 1.26. The minimum absolute atomic E-state index is 0. The fraction of sp³-hybridized carbons (Fsp3) is 0.909. The maximum absolute atomic E-state index is 11.4. The molecule has 0 aromatic carbocycles. The Kier molecular flexibility index (Phi) is 8.66. The Balaban J connectivity index is 0. The molecule has 0 aliphatic carbocycles. The van der Waals surface area contributed by atoms with Gasteiger partial charge in [-0.25, -0.2) is 4.79 Å². The average molecular weight is 253 g/mol. The third kappa shape index (κ3) is 10.1. The van der Waals surface area contributed by atoms with Crippen molar-refractivity contribution in [2.24, 2.45) is 11.7 Å². The number of hydrogen-bond donors (Lipinski definition) is 2. The first-order chi connectivity index (χ1) is 6.74. The summed E-state index contributed by atoms with van der Waals surface area (Å²) in [7, 11) is 0. The molecule has 0 saturated heterocycles. The van der Waals surface area contributed by atoms with Gasteiger partial charge >= 0.3 is 6.09 Å². The van der Waals surface area contributed by atoms with Crippen molar-refractivity contribution in [2.75, 3.05) is 6.54 Å². The molecule has 0 bridgehead atoms. The third-order valence-electron chi connectivity index (χ3n) is 1.76. The number of halogens is 1. The molecule has 0 saturated carbocycles. The first kappa shape index (κ1) is 17.9. The molecule has 98 valence electrons. The second-order valence-electron chi connectivity index (χ2n) is 5.21. The van der Waals surface area contributed by atoms with Crippen LogP contribution < -0.4 is 11.1 Å². The molecule has 3 N–H and O–H groups in total. The molecule has 0 aromatic heterocycles. The summed E-state index contributed by atoms with van der Waals surface area (Å²) in [5.74, 6) is 0.508. The van der Waals surface area contributed by atoms with Crippen LogP contribution in [0, 0.1) is 5.92 Å². The van der Waals surface area contributed by atoms with Gasteiger partial charge in [0.2, 0.25) is 0 Å². The highest BCUT2D eigenvalue weighted by Crippen LogP contribution is 2.08. The summed E-state index contributed by atoms with van der Waals surface area (Å²) in [6.45, 7) is 10.2. The molecule has 0 heterocycles. The second kappa shape index (κ2) is 7.74. The van der Waals surface area contributed by atoms with Crippen molar-refractivity contribution in [2.45, 2.75) is 52.7 Å². The quantitative estimate of drug-likeness (QED) is 0.807. The Morgan fingerprint density at radius 1 is 1.38 bits per heavy atom. The van der Waals surface area contributed by atoms with E-state index < -0.39 is 11.7 Å². The van der Waals surface area contributed by atoms with Crippen LogP contribution in [0.15, 0.2) is 0 Å². The van der Waals surface area contributed by atoms with E-state index in [1.165, 1.54) is 0 Å². The van der Waals surface area contributed by atoms with Crippen LogP contribution in [-0.2, 0) is 4.74 Å². The molecule has 0 aromatic rings. The molecule has 0 fully saturated rings. The number of nitrogens with one attached hydrogen (secondary N) is 1. The van der Waals surface area contributed by atoms with Crippen molar-refractivity contribution in [1.29, 1.82) is 0 Å². The molecule has 0 radical (unpaired) electrons. The van der Waals surface area contributed by atoms with Gasteiger partial charge < -0.3 is 15.8 Å². The van der Waals surface area contributed by atoms with Gasteiger partial charge in [-0.3, -0.25) is 0 Å². The second-order valence-corrected chi connectivity index (χ2v) is 5.21. The van der Waals surface area contributed by atoms with Gasteiger partial charge in [0.05, 0.1) is 0 Å². The lowest BCUT2D eigenvalue weighted by molar-refractivity contribution is 0.0500. The van der Waals surface area contributed by atoms with E-state index in [4.69, 9.17) is 10.5 Å². The predicted octanol–water partition coefficient (Wildman–Crippen LogP) is 2.31. The lowest BCUT2D eigenvalue weighted by Gasteiger charge is -2.23. The van der Waals surface area contributed by atoms with E-state index in [0.29, 0.717) is 12.5 Å². The highest BCUT2D eigenvalue weighted by atomic mass is 35.5. The van der Waals surface area contributed by atoms with Gasteiger partial charge in [-0.05, 0) is 33.1 Å². The Hall–Kier alpha value is -0.480. The van der Waals surface area contributed by atoms with E-state index in [0.717, 1.165) is 6.42 Å². The van der Waals surface area contributed by atoms with Crippen LogP contribution in [0.3, 0.4) is 0 Å². The monoisotopic (exact) mass is 252 g/mol. The van der Waals surface area contributed by atoms with E-state index in [1.807, 2.05) is 20.8 Å². The fourth-order valence-electron chi connectivity index (χ4n) is 1.26. The van der Waals surface area contributed by atoms with Gasteiger partial charge in [0, 0.05) is 12.6 Å². The summed E-state index contributed by atoms with van der Waals surface area (Å²) in [5, 5.41) is 2.77. The molecular formula is C11H25ClN2O2. The standard InChI is InChI=1S/C11H24N2O2.ClH/c1-8(2)6-9(7-12)13-10(14)15-11(3,4)5;/h8-9H,6-7,12H2,1-5H3,(H,13,14);1H/t9-;/m0./s1. The lowest BCUT2D eigenvalue weighted by atomic mass is 10.0. The van der Waals surface area contributed by atoms with Gasteiger partial charge in [0.1, 0.15) is 5.60 Å². The summed E-state index contributed by atoms with van der Waals surface area (Å²) >= 11 is 0. The largest absolute Gasteiger partial charge is 0.444 e. The van der Waals surface area contributed by atoms with Crippen molar-refractivity contribution < 1.29 is 9.53 Å². The third-order valence-corrected chi connectivity index (χ3v) is 1.76. The first-order valence-electron chi connectivity index (χ1n) is 5.44. The predicted molar refractivity (Wildman–Crippen MR) is 68.9 cm³/mol. The molecule has 0 aliphatic rings. The van der Waals surface area contributed by atoms with Crippen molar-refractivity contribution in [1.82, 2.24) is 5.32 Å². The summed E-state index contributed by atoms with van der Waals surface area (Å²) in [6, 6.07) is -0.000139. The Labute approximate surface area is 105 Å². The number of amides is 1. The molecule has 16 heavy (non-hydrogen) atoms. The van der Waals surface area contributed by atoms with Gasteiger partial charge in [-0.15, -0.1) is 12.4 Å². The number of carbonyl (C=O) groups excluding carboxylic acids is 1. The molecule has 0 aliphatic heterocycles. The van der Waals surface area contributed by atoms with Gasteiger partial charge in [-0.1, -0.05) is 13.8 Å². The van der Waals surface area contributed by atoms with Crippen LogP contribution in [0.1, 0.15) is 41.0 Å². The maximum Gasteiger partial charge on any atom is 0.407 e. The Morgan fingerprint density at radius 2 is 1.88 bits per heavy atom. The lowest BCUT2D eigenvalue weighted by Crippen LogP contribution is -2.43. The molecule has 0 rings (SSSR count). The number of hydrogen-bond acceptors (Lipinski definition) is 3. The van der Waals surface area contributed by atoms with Crippen molar-refractivity contribution in [3.63, 3.8) is 0 Å². The van der Waals surface area contributed by atoms with Crippen LogP contribution in [0.2, 0.25) is 0 Å². The van der Waals surface area contributed by atoms with Crippen molar-refractivity contribution in [3.05, 3.63) is 0 Å². The minimum atomic E-state index is -0.457. The van der Waals surface area contributed by atoms with Crippen LogP contribution in [0.4, 0.5) is 4.79 Å². The minimum Gasteiger partial charge on any atom is -0.444 e. The average Bonchev–Trinajstić information content (AvgIpc) is 1.98. The van der Waals surface area contributed by atoms with Crippen LogP contribution in [-0.4, -0.2) is 24.3 Å². The molecule has 5 heteroatoms. The van der Waals surface area contributed by atoms with Gasteiger partial charge in [-0.2, -0.15) is 0 Å². The summed E-state index contributed by atoms with van der Waals surface area (Å²) < 4.78 is 5.15. The van der Waals surface area contributed by atoms with E-state index in [9.17, 15) is 4.79 Å². The number of alkyl carbamates (subject to hydrolysis) is 1. The van der Waals surface area contributed by atoms with Gasteiger partial charge in [0.25, 0.3) is 0 Å². The highest BCUT2D eigenvalue weighted by Gasteiger charge is 2.19. The summed E-state index contributed by atoms with van der Waals surface area (Å²) in [4.78, 5) is 11.4. The number of nitrogens with two attached hydrogens (primary N) is 1. The number of rotatable bonds is 4. The van der Waals surface area contributed by atoms with Crippen LogP contribution in [0.5, 0.6) is 0 Å². The molecule has 4 nitrogen and oxygen atoms in total. The SMILES string of the molecule is CC(C)C[C@@H](CN)NC(=O)OC(C)(C)C.Cl. The number of ether oxygens (including phenoxy) is 1. The van der Waals surface area contributed by atoms with Crippen molar-refractivity contribution in [3.8, 4) is 0 Å². The highest BCUT2D eigenvalue weighted by molar-refractivity contribution is 5.85. The molecule has 1 amide bonds. The molecule has 0 unspecified atom stereocenters. The molecule has 1 atom stereocenters. The van der Waals surface area contributed by atoms with Crippen LogP contribution >= 0.6 is 12.4 Å². The van der Waals surface area contributed by atoms with E-state index in [2.05, 4.69) is 19.2 Å². The zero-order valence-electron chi connectivity index (χ0n) is 10.9. The van der Waals surface area contributed by atoms with E-state index >= 15 is 0 Å². The zero-order chi connectivity index (χ0) is 12.1. The van der Waals surface area contributed by atoms with E-state index in [-0.39, 0.29) is 18.4 Å². The molecular weight excluding hydrogens is 228 g/mol. The van der Waals surface area contributed by atoms with Gasteiger partial charge in [0.15, 0.2) is 0 Å². The summed E-state index contributed by atoms with van der Waals surface area (Å²) in [6.07, 6.45) is 0.481. The normalized spacial score (nSPS) is 12.9. The van der Waals surface area contributed by atoms with Crippen molar-refractivity contribution >= 4 is 18.5 Å².